The number of amides is 1. The highest BCUT2D eigenvalue weighted by atomic mass is 16.5. The molecule has 2 rings (SSSR count). The Morgan fingerprint density at radius 3 is 2.42 bits per heavy atom. The summed E-state index contributed by atoms with van der Waals surface area (Å²) in [7, 11) is 0. The van der Waals surface area contributed by atoms with Gasteiger partial charge in [0.05, 0.1) is 0 Å². The smallest absolute Gasteiger partial charge is 0.342 e. The van der Waals surface area contributed by atoms with Crippen molar-refractivity contribution in [1.82, 2.24) is 9.88 Å². The highest BCUT2D eigenvalue weighted by Gasteiger charge is 2.24. The topological polar surface area (TPSA) is 62.7 Å². The molecule has 6 heteroatoms. The van der Waals surface area contributed by atoms with Gasteiger partial charge in [-0.2, -0.15) is 0 Å². The third-order valence-electron chi connectivity index (χ3n) is 4.14. The summed E-state index contributed by atoms with van der Waals surface area (Å²) in [5.41, 5.74) is 0.424. The van der Waals surface area contributed by atoms with E-state index in [4.69, 9.17) is 4.74 Å². The zero-order chi connectivity index (χ0) is 17.7. The Morgan fingerprint density at radius 1 is 1.21 bits per heavy atom. The lowest BCUT2D eigenvalue weighted by atomic mass is 10.2. The van der Waals surface area contributed by atoms with Crippen molar-refractivity contribution in [2.24, 2.45) is 0 Å². The second-order valence-corrected chi connectivity index (χ2v) is 6.63. The van der Waals surface area contributed by atoms with Gasteiger partial charge in [-0.1, -0.05) is 0 Å². The number of rotatable bonds is 6. The Labute approximate surface area is 143 Å². The quantitative estimate of drug-likeness (QED) is 0.749. The zero-order valence-corrected chi connectivity index (χ0v) is 15.0. The molecule has 0 aromatic carbocycles. The molecule has 0 radical (unpaired) electrons. The van der Waals surface area contributed by atoms with Crippen LogP contribution in [0.1, 0.15) is 50.9 Å². The monoisotopic (exact) mass is 333 g/mol. The fourth-order valence-corrected chi connectivity index (χ4v) is 3.19. The maximum atomic E-state index is 12.4. The summed E-state index contributed by atoms with van der Waals surface area (Å²) in [6.07, 6.45) is 3.87. The fraction of sp³-hybridized carbons (Fsp3) is 0.611. The van der Waals surface area contributed by atoms with Gasteiger partial charge in [0.25, 0.3) is 5.91 Å². The summed E-state index contributed by atoms with van der Waals surface area (Å²) in [6, 6.07) is 3.55. The Balaban J connectivity index is 2.04. The van der Waals surface area contributed by atoms with E-state index in [1.54, 1.807) is 23.2 Å². The van der Waals surface area contributed by atoms with Gasteiger partial charge >= 0.3 is 5.97 Å². The van der Waals surface area contributed by atoms with Crippen LogP contribution in [-0.4, -0.2) is 53.5 Å². The molecule has 0 bridgehead atoms. The van der Waals surface area contributed by atoms with Gasteiger partial charge in [0.2, 0.25) is 0 Å². The van der Waals surface area contributed by atoms with E-state index in [9.17, 15) is 9.59 Å². The molecule has 1 aliphatic rings. The van der Waals surface area contributed by atoms with Crippen LogP contribution in [0.15, 0.2) is 18.3 Å². The van der Waals surface area contributed by atoms with Crippen LogP contribution in [0, 0.1) is 0 Å². The van der Waals surface area contributed by atoms with E-state index in [0.717, 1.165) is 25.9 Å². The molecular weight excluding hydrogens is 306 g/mol. The molecule has 0 spiro atoms. The molecule has 1 amide bonds. The highest BCUT2D eigenvalue weighted by Crippen LogP contribution is 2.22. The number of pyridine rings is 1. The van der Waals surface area contributed by atoms with Gasteiger partial charge in [0, 0.05) is 31.4 Å². The average molecular weight is 333 g/mol. The second kappa shape index (κ2) is 8.13. The Morgan fingerprint density at radius 2 is 1.83 bits per heavy atom. The number of hydrogen-bond donors (Lipinski definition) is 0. The normalized spacial score (nSPS) is 14.3. The molecule has 24 heavy (non-hydrogen) atoms. The van der Waals surface area contributed by atoms with Crippen LogP contribution in [0.2, 0.25) is 0 Å². The summed E-state index contributed by atoms with van der Waals surface area (Å²) in [5.74, 6) is -0.0252. The van der Waals surface area contributed by atoms with E-state index in [2.05, 4.69) is 9.88 Å². The van der Waals surface area contributed by atoms with E-state index in [1.165, 1.54) is 0 Å². The van der Waals surface area contributed by atoms with Crippen molar-refractivity contribution in [1.29, 1.82) is 0 Å². The molecule has 1 saturated heterocycles. The average Bonchev–Trinajstić information content (AvgIpc) is 3.06. The van der Waals surface area contributed by atoms with Gasteiger partial charge < -0.3 is 14.5 Å². The molecule has 1 fully saturated rings. The van der Waals surface area contributed by atoms with Crippen LogP contribution in [0.4, 0.5) is 5.82 Å². The summed E-state index contributed by atoms with van der Waals surface area (Å²) < 4.78 is 5.27. The predicted octanol–water partition coefficient (Wildman–Crippen LogP) is 2.48. The first-order valence-electron chi connectivity index (χ1n) is 8.60. The van der Waals surface area contributed by atoms with Crippen LogP contribution in [0.25, 0.3) is 0 Å². The number of nitrogens with zero attached hydrogens (tertiary/aromatic N) is 3. The third kappa shape index (κ3) is 4.24. The molecule has 0 aliphatic carbocycles. The van der Waals surface area contributed by atoms with Crippen molar-refractivity contribution in [3.05, 3.63) is 23.9 Å². The Bertz CT molecular complexity index is 573. The van der Waals surface area contributed by atoms with Crippen LogP contribution >= 0.6 is 0 Å². The number of carbonyl (C=O) groups is 2. The Hall–Kier alpha value is -2.11. The van der Waals surface area contributed by atoms with Crippen molar-refractivity contribution >= 4 is 17.7 Å². The molecule has 1 aromatic rings. The fourth-order valence-electron chi connectivity index (χ4n) is 3.19. The number of carbonyl (C=O) groups excluding carboxylic acids is 2. The van der Waals surface area contributed by atoms with Gasteiger partial charge in [-0.05, 0) is 52.7 Å². The predicted molar refractivity (Wildman–Crippen MR) is 93.1 cm³/mol. The summed E-state index contributed by atoms with van der Waals surface area (Å²) >= 11 is 0. The van der Waals surface area contributed by atoms with Gasteiger partial charge in [-0.3, -0.25) is 4.79 Å². The minimum atomic E-state index is -0.495. The molecule has 0 N–H and O–H groups in total. The molecule has 1 aliphatic heterocycles. The molecule has 0 saturated carbocycles. The van der Waals surface area contributed by atoms with Crippen molar-refractivity contribution in [2.75, 3.05) is 24.6 Å². The maximum Gasteiger partial charge on any atom is 0.342 e. The third-order valence-corrected chi connectivity index (χ3v) is 4.14. The minimum absolute atomic E-state index is 0.0646. The van der Waals surface area contributed by atoms with E-state index in [-0.39, 0.29) is 24.6 Å². The number of anilines is 1. The summed E-state index contributed by atoms with van der Waals surface area (Å²) in [6.45, 7) is 9.34. The van der Waals surface area contributed by atoms with Crippen LogP contribution in [-0.2, 0) is 9.53 Å². The molecule has 1 aromatic heterocycles. The van der Waals surface area contributed by atoms with E-state index in [0.29, 0.717) is 11.4 Å². The van der Waals surface area contributed by atoms with Crippen LogP contribution in [0.5, 0.6) is 0 Å². The van der Waals surface area contributed by atoms with Crippen molar-refractivity contribution in [3.8, 4) is 0 Å². The summed E-state index contributed by atoms with van der Waals surface area (Å²) in [4.78, 5) is 32.9. The van der Waals surface area contributed by atoms with Gasteiger partial charge in [-0.25, -0.2) is 9.78 Å². The van der Waals surface area contributed by atoms with Gasteiger partial charge in [0.1, 0.15) is 11.4 Å². The molecule has 132 valence electrons. The number of ether oxygens (including phenoxy) is 1. The Kier molecular flexibility index (Phi) is 6.17. The van der Waals surface area contributed by atoms with Crippen molar-refractivity contribution < 1.29 is 14.3 Å². The maximum absolute atomic E-state index is 12.4. The van der Waals surface area contributed by atoms with Gasteiger partial charge in [0.15, 0.2) is 6.61 Å². The standard InChI is InChI=1S/C18H27N3O3/c1-13(2)21(14(3)4)16(22)12-24-18(23)15-8-7-9-19-17(15)20-10-5-6-11-20/h7-9,13-14H,5-6,10-12H2,1-4H3. The van der Waals surface area contributed by atoms with Gasteiger partial charge in [-0.15, -0.1) is 0 Å². The number of esters is 1. The summed E-state index contributed by atoms with van der Waals surface area (Å²) in [5, 5.41) is 0. The second-order valence-electron chi connectivity index (χ2n) is 6.63. The molecule has 2 heterocycles. The lowest BCUT2D eigenvalue weighted by molar-refractivity contribution is -0.138. The first kappa shape index (κ1) is 18.2. The molecule has 6 nitrogen and oxygen atoms in total. The van der Waals surface area contributed by atoms with Crippen LogP contribution in [0.3, 0.4) is 0 Å². The molecule has 0 unspecified atom stereocenters. The van der Waals surface area contributed by atoms with Crippen molar-refractivity contribution in [3.63, 3.8) is 0 Å². The van der Waals surface area contributed by atoms with Crippen molar-refractivity contribution in [2.45, 2.75) is 52.6 Å². The lowest BCUT2D eigenvalue weighted by Gasteiger charge is -2.30. The number of hydrogen-bond acceptors (Lipinski definition) is 5. The zero-order valence-electron chi connectivity index (χ0n) is 15.0. The minimum Gasteiger partial charge on any atom is -0.452 e. The SMILES string of the molecule is CC(C)N(C(=O)COC(=O)c1cccnc1N1CCCC1)C(C)C. The molecular formula is C18H27N3O3. The molecule has 0 atom stereocenters. The van der Waals surface area contributed by atoms with E-state index in [1.807, 2.05) is 27.7 Å². The van der Waals surface area contributed by atoms with E-state index < -0.39 is 5.97 Å². The number of aromatic nitrogens is 1. The van der Waals surface area contributed by atoms with Crippen LogP contribution < -0.4 is 4.90 Å². The highest BCUT2D eigenvalue weighted by molar-refractivity contribution is 5.96. The first-order valence-corrected chi connectivity index (χ1v) is 8.60. The largest absolute Gasteiger partial charge is 0.452 e. The van der Waals surface area contributed by atoms with E-state index >= 15 is 0 Å². The first-order chi connectivity index (χ1) is 11.4. The lowest BCUT2D eigenvalue weighted by Crippen LogP contribution is -2.44.